The molecule has 0 amide bonds. The first kappa shape index (κ1) is 15.2. The van der Waals surface area contributed by atoms with Crippen LogP contribution in [0.15, 0.2) is 24.3 Å². The summed E-state index contributed by atoms with van der Waals surface area (Å²) in [6.45, 7) is 10.9. The van der Waals surface area contributed by atoms with Gasteiger partial charge in [0.25, 0.3) is 0 Å². The minimum Gasteiger partial charge on any atom is -0.491 e. The van der Waals surface area contributed by atoms with E-state index < -0.39 is 0 Å². The van der Waals surface area contributed by atoms with Crippen LogP contribution in [0, 0.1) is 0 Å². The Morgan fingerprint density at radius 2 is 1.60 bits per heavy atom. The molecule has 1 N–H and O–H groups in total. The van der Waals surface area contributed by atoms with E-state index in [1.54, 1.807) is 0 Å². The first-order valence-electron chi connectivity index (χ1n) is 7.82. The van der Waals surface area contributed by atoms with Crippen molar-refractivity contribution < 1.29 is 4.74 Å². The van der Waals surface area contributed by atoms with Gasteiger partial charge in [-0.05, 0) is 64.8 Å². The van der Waals surface area contributed by atoms with Crippen LogP contribution < -0.4 is 15.0 Å². The van der Waals surface area contributed by atoms with Crippen LogP contribution in [0.3, 0.4) is 0 Å². The van der Waals surface area contributed by atoms with E-state index in [4.69, 9.17) is 4.74 Å². The third-order valence-electron chi connectivity index (χ3n) is 3.81. The average molecular weight is 276 g/mol. The number of hydrogen-bond donors (Lipinski definition) is 1. The summed E-state index contributed by atoms with van der Waals surface area (Å²) in [6.07, 6.45) is 2.61. The highest BCUT2D eigenvalue weighted by molar-refractivity contribution is 5.49. The molecule has 2 atom stereocenters. The van der Waals surface area contributed by atoms with Crippen LogP contribution in [0.5, 0.6) is 5.75 Å². The number of benzene rings is 1. The Morgan fingerprint density at radius 3 is 2.10 bits per heavy atom. The molecule has 1 aliphatic heterocycles. The molecule has 1 fully saturated rings. The van der Waals surface area contributed by atoms with E-state index in [1.165, 1.54) is 18.5 Å². The molecule has 0 saturated carbocycles. The molecule has 0 aliphatic carbocycles. The van der Waals surface area contributed by atoms with E-state index in [0.717, 1.165) is 18.8 Å². The second kappa shape index (κ2) is 6.98. The van der Waals surface area contributed by atoms with Crippen molar-refractivity contribution >= 4 is 5.69 Å². The van der Waals surface area contributed by atoms with Crippen molar-refractivity contribution in [2.75, 3.05) is 18.0 Å². The minimum atomic E-state index is 0.232. The fourth-order valence-electron chi connectivity index (χ4n) is 2.73. The van der Waals surface area contributed by atoms with Gasteiger partial charge in [-0.25, -0.2) is 0 Å². The van der Waals surface area contributed by atoms with E-state index in [-0.39, 0.29) is 6.10 Å². The first-order valence-corrected chi connectivity index (χ1v) is 7.82. The third kappa shape index (κ3) is 4.41. The summed E-state index contributed by atoms with van der Waals surface area (Å²) >= 11 is 0. The third-order valence-corrected chi connectivity index (χ3v) is 3.81. The van der Waals surface area contributed by atoms with Crippen LogP contribution in [0.25, 0.3) is 0 Å². The Balaban J connectivity index is 2.01. The van der Waals surface area contributed by atoms with Gasteiger partial charge in [0.2, 0.25) is 0 Å². The summed E-state index contributed by atoms with van der Waals surface area (Å²) < 4.78 is 5.71. The van der Waals surface area contributed by atoms with Crippen LogP contribution in [0.4, 0.5) is 5.69 Å². The van der Waals surface area contributed by atoms with Crippen LogP contribution in [0.2, 0.25) is 0 Å². The Bertz CT molecular complexity index is 390. The fraction of sp³-hybridized carbons (Fsp3) is 0.647. The molecule has 20 heavy (non-hydrogen) atoms. The predicted octanol–water partition coefficient (Wildman–Crippen LogP) is 3.44. The predicted molar refractivity (Wildman–Crippen MR) is 85.7 cm³/mol. The molecule has 1 aliphatic rings. The van der Waals surface area contributed by atoms with Gasteiger partial charge in [0.15, 0.2) is 0 Å². The van der Waals surface area contributed by atoms with E-state index >= 15 is 0 Å². The summed E-state index contributed by atoms with van der Waals surface area (Å²) in [7, 11) is 0. The maximum absolute atomic E-state index is 5.71. The molecule has 2 rings (SSSR count). The van der Waals surface area contributed by atoms with Crippen LogP contribution in [-0.4, -0.2) is 31.3 Å². The number of nitrogens with zero attached hydrogens (tertiary/aromatic N) is 1. The zero-order chi connectivity index (χ0) is 14.5. The van der Waals surface area contributed by atoms with Crippen molar-refractivity contribution in [1.29, 1.82) is 0 Å². The quantitative estimate of drug-likeness (QED) is 0.915. The second-order valence-electron chi connectivity index (χ2n) is 6.19. The number of ether oxygens (including phenoxy) is 1. The summed E-state index contributed by atoms with van der Waals surface area (Å²) in [6, 6.07) is 9.72. The Labute approximate surface area is 123 Å². The molecule has 1 heterocycles. The lowest BCUT2D eigenvalue weighted by atomic mass is 10.1. The van der Waals surface area contributed by atoms with Gasteiger partial charge < -0.3 is 15.0 Å². The second-order valence-corrected chi connectivity index (χ2v) is 6.19. The smallest absolute Gasteiger partial charge is 0.119 e. The monoisotopic (exact) mass is 276 g/mol. The Hall–Kier alpha value is -1.22. The molecule has 0 aromatic heterocycles. The Kier molecular flexibility index (Phi) is 5.30. The van der Waals surface area contributed by atoms with Crippen molar-refractivity contribution in [1.82, 2.24) is 5.32 Å². The van der Waals surface area contributed by atoms with Gasteiger partial charge in [0.1, 0.15) is 5.75 Å². The highest BCUT2D eigenvalue weighted by Crippen LogP contribution is 2.22. The molecule has 1 aromatic rings. The first-order chi connectivity index (χ1) is 9.54. The van der Waals surface area contributed by atoms with Gasteiger partial charge in [-0.15, -0.1) is 0 Å². The molecule has 1 aromatic carbocycles. The standard InChI is InChI=1S/C17H28N2O/c1-13(2)20-17-7-5-16(6-8-17)19-11-9-14(3)18-15(4)10-12-19/h5-8,13-15,18H,9-12H2,1-4H3. The van der Waals surface area contributed by atoms with E-state index in [1.807, 2.05) is 0 Å². The highest BCUT2D eigenvalue weighted by Gasteiger charge is 2.16. The lowest BCUT2D eigenvalue weighted by Gasteiger charge is -2.32. The summed E-state index contributed by atoms with van der Waals surface area (Å²) in [4.78, 5) is 2.49. The van der Waals surface area contributed by atoms with Gasteiger partial charge in [-0.2, -0.15) is 0 Å². The molecule has 3 nitrogen and oxygen atoms in total. The molecule has 0 radical (unpaired) electrons. The molecule has 3 heteroatoms. The molecule has 1 saturated heterocycles. The van der Waals surface area contributed by atoms with Crippen molar-refractivity contribution in [2.24, 2.45) is 0 Å². The van der Waals surface area contributed by atoms with Crippen molar-refractivity contribution in [3.05, 3.63) is 24.3 Å². The summed E-state index contributed by atoms with van der Waals surface area (Å²) in [5.74, 6) is 0.958. The molecular formula is C17H28N2O. The highest BCUT2D eigenvalue weighted by atomic mass is 16.5. The van der Waals surface area contributed by atoms with Crippen LogP contribution >= 0.6 is 0 Å². The van der Waals surface area contributed by atoms with Crippen molar-refractivity contribution in [3.63, 3.8) is 0 Å². The SMILES string of the molecule is CC1CCN(c2ccc(OC(C)C)cc2)CCC(C)N1. The number of anilines is 1. The maximum atomic E-state index is 5.71. The zero-order valence-electron chi connectivity index (χ0n) is 13.2. The summed E-state index contributed by atoms with van der Waals surface area (Å²) in [5, 5.41) is 3.64. The molecule has 2 unspecified atom stereocenters. The van der Waals surface area contributed by atoms with Gasteiger partial charge in [0.05, 0.1) is 6.10 Å². The van der Waals surface area contributed by atoms with Gasteiger partial charge in [-0.1, -0.05) is 0 Å². The van der Waals surface area contributed by atoms with E-state index in [9.17, 15) is 0 Å². The maximum Gasteiger partial charge on any atom is 0.119 e. The lowest BCUT2D eigenvalue weighted by Crippen LogP contribution is -2.43. The normalized spacial score (nSPS) is 24.4. The summed E-state index contributed by atoms with van der Waals surface area (Å²) in [5.41, 5.74) is 1.31. The fourth-order valence-corrected chi connectivity index (χ4v) is 2.73. The minimum absolute atomic E-state index is 0.232. The Morgan fingerprint density at radius 1 is 1.05 bits per heavy atom. The molecule has 112 valence electrons. The molecule has 0 bridgehead atoms. The largest absolute Gasteiger partial charge is 0.491 e. The average Bonchev–Trinajstić information content (AvgIpc) is 2.37. The number of rotatable bonds is 3. The topological polar surface area (TPSA) is 24.5 Å². The molecular weight excluding hydrogens is 248 g/mol. The van der Waals surface area contributed by atoms with Crippen molar-refractivity contribution in [3.8, 4) is 5.75 Å². The number of hydrogen-bond acceptors (Lipinski definition) is 3. The van der Waals surface area contributed by atoms with Crippen LogP contribution in [0.1, 0.15) is 40.5 Å². The zero-order valence-corrected chi connectivity index (χ0v) is 13.2. The van der Waals surface area contributed by atoms with Gasteiger partial charge >= 0.3 is 0 Å². The van der Waals surface area contributed by atoms with Crippen LogP contribution in [-0.2, 0) is 0 Å². The van der Waals surface area contributed by atoms with Crippen molar-refractivity contribution in [2.45, 2.75) is 58.7 Å². The molecule has 0 spiro atoms. The van der Waals surface area contributed by atoms with Gasteiger partial charge in [-0.3, -0.25) is 0 Å². The van der Waals surface area contributed by atoms with E-state index in [2.05, 4.69) is 62.2 Å². The number of nitrogens with one attached hydrogen (secondary N) is 1. The lowest BCUT2D eigenvalue weighted by molar-refractivity contribution is 0.242. The van der Waals surface area contributed by atoms with Gasteiger partial charge in [0, 0.05) is 30.9 Å². The van der Waals surface area contributed by atoms with E-state index in [0.29, 0.717) is 12.1 Å².